The molecule has 0 heterocycles. The molecule has 0 saturated carbocycles. The number of hydrogen-bond donors (Lipinski definition) is 0. The van der Waals surface area contributed by atoms with Gasteiger partial charge in [-0.3, -0.25) is 0 Å². The first-order chi connectivity index (χ1) is 7.57. The molecular weight excluding hydrogens is 359 g/mol. The fraction of sp³-hybridized carbons (Fsp3) is 0.333. The van der Waals surface area contributed by atoms with Crippen LogP contribution in [0.3, 0.4) is 0 Å². The van der Waals surface area contributed by atoms with E-state index in [1.165, 1.54) is 12.0 Å². The summed E-state index contributed by atoms with van der Waals surface area (Å²) in [7, 11) is 0. The molecule has 1 heteroatoms. The van der Waals surface area contributed by atoms with Crippen LogP contribution in [0, 0.1) is 0 Å². The van der Waals surface area contributed by atoms with Gasteiger partial charge in [-0.1, -0.05) is 0 Å². The molecule has 0 radical (unpaired) electrons. The molecule has 1 aliphatic rings. The molecule has 1 aromatic carbocycles. The summed E-state index contributed by atoms with van der Waals surface area (Å²) < 4.78 is 9.40. The Hall–Kier alpha value is -0.430. The molecule has 0 nitrogen and oxygen atoms in total. The second kappa shape index (κ2) is 4.83. The van der Waals surface area contributed by atoms with Crippen LogP contribution in [-0.4, -0.2) is 0 Å². The zero-order chi connectivity index (χ0) is 11.6. The van der Waals surface area contributed by atoms with Gasteiger partial charge in [0, 0.05) is 0 Å². The molecule has 0 N–H and O–H groups in total. The maximum atomic E-state index is 2.53. The minimum atomic E-state index is -1.98. The molecule has 0 bridgehead atoms. The van der Waals surface area contributed by atoms with Gasteiger partial charge < -0.3 is 0 Å². The van der Waals surface area contributed by atoms with Gasteiger partial charge in [0.05, 0.1) is 0 Å². The van der Waals surface area contributed by atoms with Crippen LogP contribution in [0.25, 0.3) is 0 Å². The van der Waals surface area contributed by atoms with E-state index < -0.39 is 20.0 Å². The summed E-state index contributed by atoms with van der Waals surface area (Å²) in [6.45, 7) is 0. The third-order valence-corrected chi connectivity index (χ3v) is 11.6. The number of benzene rings is 1. The predicted molar refractivity (Wildman–Crippen MR) is 68.5 cm³/mol. The summed E-state index contributed by atoms with van der Waals surface area (Å²) in [4.78, 5) is 0. The van der Waals surface area contributed by atoms with Crippen LogP contribution in [0.15, 0.2) is 51.4 Å². The van der Waals surface area contributed by atoms with Gasteiger partial charge in [-0.05, 0) is 0 Å². The molecule has 2 rings (SSSR count). The van der Waals surface area contributed by atoms with Gasteiger partial charge in [0.2, 0.25) is 0 Å². The van der Waals surface area contributed by atoms with Crippen LogP contribution in [-0.2, 0) is 26.4 Å². The van der Waals surface area contributed by atoms with Crippen molar-refractivity contribution in [3.8, 4) is 0 Å². The van der Waals surface area contributed by atoms with Crippen molar-refractivity contribution in [3.63, 3.8) is 0 Å². The van der Waals surface area contributed by atoms with E-state index in [-0.39, 0.29) is 0 Å². The van der Waals surface area contributed by atoms with Gasteiger partial charge in [-0.15, -0.1) is 0 Å². The van der Waals surface area contributed by atoms with Gasteiger partial charge in [0.15, 0.2) is 0 Å². The fourth-order valence-electron chi connectivity index (χ4n) is 2.32. The Balaban J connectivity index is 2.24. The van der Waals surface area contributed by atoms with Gasteiger partial charge in [0.25, 0.3) is 0 Å². The fourth-order valence-corrected chi connectivity index (χ4v) is 9.02. The molecule has 0 aliphatic heterocycles. The van der Waals surface area contributed by atoms with Crippen molar-refractivity contribution in [3.05, 3.63) is 57.0 Å². The summed E-state index contributed by atoms with van der Waals surface area (Å²) in [5.41, 5.74) is 3.06. The van der Waals surface area contributed by atoms with Gasteiger partial charge in [0.1, 0.15) is 0 Å². The minimum absolute atomic E-state index is 1.13. The van der Waals surface area contributed by atoms with Gasteiger partial charge >= 0.3 is 104 Å². The van der Waals surface area contributed by atoms with E-state index in [1.807, 2.05) is 3.33 Å². The molecule has 0 atom stereocenters. The molecular formula is C15H20Hf. The molecule has 0 unspecified atom stereocenters. The standard InChI is InChI=1S/C12H11.3CH3.Hf/c1-2-6-11(7-3-1)10-12-8-4-5-9-12;;;;/h1-4,6-8H,5,10H2;3*1H3;. The average molecular weight is 379 g/mol. The predicted octanol–water partition coefficient (Wildman–Crippen LogP) is 4.74. The summed E-state index contributed by atoms with van der Waals surface area (Å²) in [6.07, 6.45) is 7.06. The Labute approximate surface area is 103 Å². The van der Waals surface area contributed by atoms with Gasteiger partial charge in [-0.25, -0.2) is 0 Å². The Morgan fingerprint density at radius 3 is 2.38 bits per heavy atom. The van der Waals surface area contributed by atoms with Crippen molar-refractivity contribution in [2.24, 2.45) is 0 Å². The van der Waals surface area contributed by atoms with E-state index in [2.05, 4.69) is 56.5 Å². The van der Waals surface area contributed by atoms with E-state index in [4.69, 9.17) is 0 Å². The van der Waals surface area contributed by atoms with Crippen molar-refractivity contribution in [1.29, 1.82) is 0 Å². The molecule has 0 aromatic heterocycles. The molecule has 0 fully saturated rings. The van der Waals surface area contributed by atoms with E-state index in [0.717, 1.165) is 6.42 Å². The zero-order valence-corrected chi connectivity index (χ0v) is 14.0. The van der Waals surface area contributed by atoms with Crippen molar-refractivity contribution in [2.45, 2.75) is 26.9 Å². The van der Waals surface area contributed by atoms with Crippen LogP contribution in [0.5, 0.6) is 0 Å². The Kier molecular flexibility index (Phi) is 3.63. The zero-order valence-electron chi connectivity index (χ0n) is 10.5. The van der Waals surface area contributed by atoms with E-state index in [0.29, 0.717) is 0 Å². The van der Waals surface area contributed by atoms with Crippen molar-refractivity contribution >= 4 is 0 Å². The van der Waals surface area contributed by atoms with Crippen LogP contribution in [0.2, 0.25) is 14.0 Å². The van der Waals surface area contributed by atoms with Crippen molar-refractivity contribution < 1.29 is 20.0 Å². The van der Waals surface area contributed by atoms with E-state index in [1.54, 1.807) is 5.57 Å². The average Bonchev–Trinajstić information content (AvgIpc) is 2.67. The summed E-state index contributed by atoms with van der Waals surface area (Å²) in [5.74, 6) is 0. The molecule has 0 saturated heterocycles. The normalized spacial score (nSPS) is 15.9. The summed E-state index contributed by atoms with van der Waals surface area (Å²) in [5, 5.41) is 0. The third kappa shape index (κ3) is 2.82. The van der Waals surface area contributed by atoms with E-state index in [9.17, 15) is 0 Å². The molecule has 0 amide bonds. The topological polar surface area (TPSA) is 0 Å². The SMILES string of the molecule is [CH3][Hf]([CH3])([CH3])[C]1=C(Cc2ccccc2)C=CC1. The summed E-state index contributed by atoms with van der Waals surface area (Å²) in [6, 6.07) is 10.8. The van der Waals surface area contributed by atoms with Gasteiger partial charge in [-0.2, -0.15) is 0 Å². The first-order valence-electron chi connectivity index (χ1n) is 6.00. The molecule has 1 aromatic rings. The van der Waals surface area contributed by atoms with Crippen LogP contribution < -0.4 is 0 Å². The second-order valence-corrected chi connectivity index (χ2v) is 23.9. The first-order valence-corrected chi connectivity index (χ1v) is 18.6. The quantitative estimate of drug-likeness (QED) is 0.666. The molecule has 84 valence electrons. The van der Waals surface area contributed by atoms with Crippen LogP contribution >= 0.6 is 0 Å². The monoisotopic (exact) mass is 380 g/mol. The number of rotatable bonds is 3. The molecule has 16 heavy (non-hydrogen) atoms. The first kappa shape index (κ1) is 12.0. The van der Waals surface area contributed by atoms with E-state index >= 15 is 0 Å². The van der Waals surface area contributed by atoms with Crippen LogP contribution in [0.4, 0.5) is 0 Å². The summed E-state index contributed by atoms with van der Waals surface area (Å²) >= 11 is -1.98. The number of allylic oxidation sites excluding steroid dienone is 4. The number of hydrogen-bond acceptors (Lipinski definition) is 0. The Morgan fingerprint density at radius 2 is 1.75 bits per heavy atom. The Morgan fingerprint density at radius 1 is 1.06 bits per heavy atom. The molecule has 0 spiro atoms. The Bertz CT molecular complexity index is 418. The third-order valence-electron chi connectivity index (χ3n) is 3.17. The van der Waals surface area contributed by atoms with Crippen LogP contribution in [0.1, 0.15) is 12.0 Å². The van der Waals surface area contributed by atoms with Crippen molar-refractivity contribution in [2.75, 3.05) is 0 Å². The van der Waals surface area contributed by atoms with Crippen molar-refractivity contribution in [1.82, 2.24) is 0 Å². The molecule has 1 aliphatic carbocycles. The maximum absolute atomic E-state index is 2.53. The second-order valence-electron chi connectivity index (χ2n) is 5.52.